The summed E-state index contributed by atoms with van der Waals surface area (Å²) in [5, 5.41) is 7.09. The molecule has 0 atom stereocenters. The number of aryl methyl sites for hydroxylation is 1. The molecule has 0 fully saturated rings. The first kappa shape index (κ1) is 16.8. The van der Waals surface area contributed by atoms with E-state index in [-0.39, 0.29) is 0 Å². The van der Waals surface area contributed by atoms with Gasteiger partial charge in [0.25, 0.3) is 0 Å². The SMILES string of the molecule is Cc1cc(Nc2nc(-c3ccccc3)cc(N(C)c3ccccc3)n2)no1. The maximum atomic E-state index is 5.12. The number of nitrogens with one attached hydrogen (secondary N) is 1. The van der Waals surface area contributed by atoms with Gasteiger partial charge in [-0.1, -0.05) is 53.7 Å². The normalized spacial score (nSPS) is 10.6. The van der Waals surface area contributed by atoms with E-state index in [9.17, 15) is 0 Å². The van der Waals surface area contributed by atoms with Crippen LogP contribution >= 0.6 is 0 Å². The molecular weight excluding hydrogens is 338 g/mol. The molecule has 0 spiro atoms. The molecule has 2 aromatic carbocycles. The number of benzene rings is 2. The van der Waals surface area contributed by atoms with Gasteiger partial charge in [-0.25, -0.2) is 4.98 Å². The van der Waals surface area contributed by atoms with Gasteiger partial charge in [-0.05, 0) is 19.1 Å². The minimum Gasteiger partial charge on any atom is -0.360 e. The van der Waals surface area contributed by atoms with E-state index < -0.39 is 0 Å². The van der Waals surface area contributed by atoms with Gasteiger partial charge in [-0.2, -0.15) is 4.98 Å². The smallest absolute Gasteiger partial charge is 0.231 e. The van der Waals surface area contributed by atoms with E-state index in [0.717, 1.165) is 28.5 Å². The lowest BCUT2D eigenvalue weighted by atomic mass is 10.1. The first-order valence-corrected chi connectivity index (χ1v) is 8.63. The van der Waals surface area contributed by atoms with Gasteiger partial charge in [0.15, 0.2) is 5.82 Å². The molecule has 0 aliphatic heterocycles. The lowest BCUT2D eigenvalue weighted by Gasteiger charge is -2.19. The first-order chi connectivity index (χ1) is 13.2. The largest absolute Gasteiger partial charge is 0.360 e. The van der Waals surface area contributed by atoms with E-state index in [0.29, 0.717) is 11.8 Å². The lowest BCUT2D eigenvalue weighted by Crippen LogP contribution is -2.13. The van der Waals surface area contributed by atoms with Crippen LogP contribution in [0.15, 0.2) is 77.3 Å². The van der Waals surface area contributed by atoms with Gasteiger partial charge >= 0.3 is 0 Å². The second-order valence-electron chi connectivity index (χ2n) is 6.14. The second-order valence-corrected chi connectivity index (χ2v) is 6.14. The Morgan fingerprint density at radius 3 is 2.26 bits per heavy atom. The molecule has 0 unspecified atom stereocenters. The molecule has 6 heteroatoms. The molecule has 134 valence electrons. The number of hydrogen-bond donors (Lipinski definition) is 1. The molecule has 2 aromatic heterocycles. The van der Waals surface area contributed by atoms with Crippen molar-refractivity contribution in [3.05, 3.63) is 78.6 Å². The van der Waals surface area contributed by atoms with Crippen LogP contribution in [0.4, 0.5) is 23.3 Å². The molecule has 6 nitrogen and oxygen atoms in total. The first-order valence-electron chi connectivity index (χ1n) is 8.63. The van der Waals surface area contributed by atoms with Crippen molar-refractivity contribution in [3.63, 3.8) is 0 Å². The summed E-state index contributed by atoms with van der Waals surface area (Å²) in [7, 11) is 1.98. The fraction of sp³-hybridized carbons (Fsp3) is 0.0952. The Hall–Kier alpha value is -3.67. The van der Waals surface area contributed by atoms with Gasteiger partial charge in [0.1, 0.15) is 11.6 Å². The van der Waals surface area contributed by atoms with Crippen LogP contribution in [0.3, 0.4) is 0 Å². The fourth-order valence-electron chi connectivity index (χ4n) is 2.74. The number of anilines is 4. The topological polar surface area (TPSA) is 67.1 Å². The average molecular weight is 357 g/mol. The molecule has 4 aromatic rings. The molecule has 0 saturated heterocycles. The molecule has 0 bridgehead atoms. The third kappa shape index (κ3) is 3.79. The van der Waals surface area contributed by atoms with E-state index in [2.05, 4.69) is 20.4 Å². The number of nitrogens with zero attached hydrogens (tertiary/aromatic N) is 4. The molecule has 0 aliphatic rings. The van der Waals surface area contributed by atoms with Gasteiger partial charge in [0.2, 0.25) is 5.95 Å². The quantitative estimate of drug-likeness (QED) is 0.545. The zero-order chi connectivity index (χ0) is 18.6. The Balaban J connectivity index is 1.76. The molecule has 1 N–H and O–H groups in total. The molecule has 0 radical (unpaired) electrons. The zero-order valence-corrected chi connectivity index (χ0v) is 15.1. The molecule has 0 saturated carbocycles. The summed E-state index contributed by atoms with van der Waals surface area (Å²) in [6, 6.07) is 23.9. The van der Waals surface area contributed by atoms with Gasteiger partial charge in [0, 0.05) is 30.4 Å². The standard InChI is InChI=1S/C21H19N5O/c1-15-13-19(25-27-15)23-21-22-18(16-9-5-3-6-10-16)14-20(24-21)26(2)17-11-7-4-8-12-17/h3-14H,1-2H3,(H,22,23,24,25). The summed E-state index contributed by atoms with van der Waals surface area (Å²) in [6.07, 6.45) is 0. The van der Waals surface area contributed by atoms with E-state index in [4.69, 9.17) is 4.52 Å². The maximum absolute atomic E-state index is 5.12. The van der Waals surface area contributed by atoms with Crippen molar-refractivity contribution in [1.82, 2.24) is 15.1 Å². The third-order valence-electron chi connectivity index (χ3n) is 4.14. The highest BCUT2D eigenvalue weighted by atomic mass is 16.5. The van der Waals surface area contributed by atoms with Crippen molar-refractivity contribution >= 4 is 23.3 Å². The molecule has 0 aliphatic carbocycles. The summed E-state index contributed by atoms with van der Waals surface area (Å²) in [4.78, 5) is 11.3. The minimum atomic E-state index is 0.461. The van der Waals surface area contributed by atoms with Crippen LogP contribution < -0.4 is 10.2 Å². The molecule has 0 amide bonds. The van der Waals surface area contributed by atoms with Gasteiger partial charge in [0.05, 0.1) is 5.69 Å². The van der Waals surface area contributed by atoms with E-state index >= 15 is 0 Å². The average Bonchev–Trinajstić information content (AvgIpc) is 3.13. The molecule has 2 heterocycles. The summed E-state index contributed by atoms with van der Waals surface area (Å²) < 4.78 is 5.12. The molecular formula is C21H19N5O. The number of aromatic nitrogens is 3. The Labute approximate surface area is 157 Å². The second kappa shape index (κ2) is 7.29. The highest BCUT2D eigenvalue weighted by Crippen LogP contribution is 2.28. The number of rotatable bonds is 5. The summed E-state index contributed by atoms with van der Waals surface area (Å²) in [6.45, 7) is 1.84. The molecule has 27 heavy (non-hydrogen) atoms. The van der Waals surface area contributed by atoms with Crippen molar-refractivity contribution in [1.29, 1.82) is 0 Å². The van der Waals surface area contributed by atoms with Crippen LogP contribution in [0.25, 0.3) is 11.3 Å². The lowest BCUT2D eigenvalue weighted by molar-refractivity contribution is 0.400. The van der Waals surface area contributed by atoms with Gasteiger partial charge < -0.3 is 14.7 Å². The fourth-order valence-corrected chi connectivity index (χ4v) is 2.74. The van der Waals surface area contributed by atoms with Crippen LogP contribution in [-0.2, 0) is 0 Å². The van der Waals surface area contributed by atoms with E-state index in [1.54, 1.807) is 6.07 Å². The van der Waals surface area contributed by atoms with Gasteiger partial charge in [-0.3, -0.25) is 0 Å². The van der Waals surface area contributed by atoms with Crippen molar-refractivity contribution in [3.8, 4) is 11.3 Å². The van der Waals surface area contributed by atoms with E-state index in [1.807, 2.05) is 85.6 Å². The predicted octanol–water partition coefficient (Wildman–Crippen LogP) is 4.95. The zero-order valence-electron chi connectivity index (χ0n) is 15.1. The van der Waals surface area contributed by atoms with Crippen LogP contribution in [0.2, 0.25) is 0 Å². The highest BCUT2D eigenvalue weighted by Gasteiger charge is 2.12. The van der Waals surface area contributed by atoms with Crippen LogP contribution in [0.1, 0.15) is 5.76 Å². The minimum absolute atomic E-state index is 0.461. The molecule has 4 rings (SSSR count). The van der Waals surface area contributed by atoms with Crippen LogP contribution in [-0.4, -0.2) is 22.2 Å². The number of hydrogen-bond acceptors (Lipinski definition) is 6. The summed E-state index contributed by atoms with van der Waals surface area (Å²) >= 11 is 0. The Bertz CT molecular complexity index is 1030. The van der Waals surface area contributed by atoms with Crippen molar-refractivity contribution in [2.75, 3.05) is 17.3 Å². The summed E-state index contributed by atoms with van der Waals surface area (Å²) in [5.41, 5.74) is 2.88. The van der Waals surface area contributed by atoms with Crippen molar-refractivity contribution in [2.24, 2.45) is 0 Å². The third-order valence-corrected chi connectivity index (χ3v) is 4.14. The van der Waals surface area contributed by atoms with Crippen LogP contribution in [0.5, 0.6) is 0 Å². The Morgan fingerprint density at radius 1 is 0.889 bits per heavy atom. The Morgan fingerprint density at radius 2 is 1.59 bits per heavy atom. The summed E-state index contributed by atoms with van der Waals surface area (Å²) in [5.74, 6) is 2.53. The predicted molar refractivity (Wildman–Crippen MR) is 106 cm³/mol. The highest BCUT2D eigenvalue weighted by molar-refractivity contribution is 5.69. The van der Waals surface area contributed by atoms with Gasteiger partial charge in [-0.15, -0.1) is 0 Å². The van der Waals surface area contributed by atoms with Crippen LogP contribution in [0, 0.1) is 6.92 Å². The maximum Gasteiger partial charge on any atom is 0.231 e. The monoisotopic (exact) mass is 357 g/mol. The van der Waals surface area contributed by atoms with Crippen molar-refractivity contribution in [2.45, 2.75) is 6.92 Å². The van der Waals surface area contributed by atoms with E-state index in [1.165, 1.54) is 0 Å². The van der Waals surface area contributed by atoms with Crippen molar-refractivity contribution < 1.29 is 4.52 Å². The number of para-hydroxylation sites is 1. The Kier molecular flexibility index (Phi) is 4.53.